The summed E-state index contributed by atoms with van der Waals surface area (Å²) in [5.74, 6) is 1.76. The summed E-state index contributed by atoms with van der Waals surface area (Å²) >= 11 is 6.23. The molecule has 0 saturated heterocycles. The van der Waals surface area contributed by atoms with Crippen molar-refractivity contribution < 1.29 is 4.74 Å². The highest BCUT2D eigenvalue weighted by Gasteiger charge is 2.29. The standard InChI is InChI=1S/C24H23ClN4O/c25-24-28-22-19(17-8-2-1-3-9-17)12-13-20(22)23(29-24)27-14-6-7-15-30-21-11-5-4-10-18(21)16-26/h1-5,8-11,19H,6-7,12-15H2,(H,27,28,29). The molecule has 0 aliphatic heterocycles. The summed E-state index contributed by atoms with van der Waals surface area (Å²) in [6.45, 7) is 1.35. The van der Waals surface area contributed by atoms with Crippen molar-refractivity contribution in [1.82, 2.24) is 9.97 Å². The van der Waals surface area contributed by atoms with E-state index in [9.17, 15) is 0 Å². The predicted octanol–water partition coefficient (Wildman–Crippen LogP) is 5.35. The largest absolute Gasteiger partial charge is 0.492 e. The number of para-hydroxylation sites is 1. The Morgan fingerprint density at radius 2 is 1.87 bits per heavy atom. The summed E-state index contributed by atoms with van der Waals surface area (Å²) in [5, 5.41) is 12.8. The first-order valence-electron chi connectivity index (χ1n) is 10.2. The van der Waals surface area contributed by atoms with E-state index < -0.39 is 0 Å². The first kappa shape index (κ1) is 20.2. The van der Waals surface area contributed by atoms with Crippen LogP contribution in [0.4, 0.5) is 5.82 Å². The Kier molecular flexibility index (Phi) is 6.46. The topological polar surface area (TPSA) is 70.8 Å². The predicted molar refractivity (Wildman–Crippen MR) is 118 cm³/mol. The van der Waals surface area contributed by atoms with Crippen LogP contribution in [0.5, 0.6) is 5.75 Å². The molecule has 5 nitrogen and oxygen atoms in total. The minimum absolute atomic E-state index is 0.274. The van der Waals surface area contributed by atoms with E-state index in [-0.39, 0.29) is 11.2 Å². The molecule has 1 heterocycles. The minimum atomic E-state index is 0.274. The smallest absolute Gasteiger partial charge is 0.224 e. The molecule has 2 aromatic carbocycles. The number of unbranched alkanes of at least 4 members (excludes halogenated alkanes) is 1. The van der Waals surface area contributed by atoms with Gasteiger partial charge in [-0.15, -0.1) is 0 Å². The molecule has 1 aliphatic carbocycles. The third-order valence-corrected chi connectivity index (χ3v) is 5.52. The lowest BCUT2D eigenvalue weighted by Gasteiger charge is -2.14. The number of fused-ring (bicyclic) bond motifs is 1. The van der Waals surface area contributed by atoms with Crippen LogP contribution in [0, 0.1) is 11.3 Å². The van der Waals surface area contributed by atoms with Crippen molar-refractivity contribution in [2.24, 2.45) is 0 Å². The zero-order valence-corrected chi connectivity index (χ0v) is 17.4. The van der Waals surface area contributed by atoms with Gasteiger partial charge in [-0.25, -0.2) is 9.97 Å². The number of anilines is 1. The van der Waals surface area contributed by atoms with Gasteiger partial charge in [-0.2, -0.15) is 5.26 Å². The van der Waals surface area contributed by atoms with E-state index >= 15 is 0 Å². The maximum Gasteiger partial charge on any atom is 0.224 e. The van der Waals surface area contributed by atoms with Gasteiger partial charge in [0, 0.05) is 18.0 Å². The summed E-state index contributed by atoms with van der Waals surface area (Å²) in [6.07, 6.45) is 3.77. The number of nitriles is 1. The van der Waals surface area contributed by atoms with Gasteiger partial charge in [0.15, 0.2) is 0 Å². The molecule has 1 aliphatic rings. The molecule has 4 rings (SSSR count). The molecule has 1 unspecified atom stereocenters. The summed E-state index contributed by atoms with van der Waals surface area (Å²) in [7, 11) is 0. The molecule has 1 N–H and O–H groups in total. The lowest BCUT2D eigenvalue weighted by Crippen LogP contribution is -2.10. The van der Waals surface area contributed by atoms with Gasteiger partial charge in [0.2, 0.25) is 5.28 Å². The molecule has 152 valence electrons. The van der Waals surface area contributed by atoms with Gasteiger partial charge in [0.25, 0.3) is 0 Å². The molecule has 0 radical (unpaired) electrons. The van der Waals surface area contributed by atoms with Gasteiger partial charge in [0.1, 0.15) is 17.6 Å². The fourth-order valence-electron chi connectivity index (χ4n) is 3.89. The molecule has 0 amide bonds. The lowest BCUT2D eigenvalue weighted by molar-refractivity contribution is 0.307. The normalized spacial score (nSPS) is 14.7. The van der Waals surface area contributed by atoms with Gasteiger partial charge >= 0.3 is 0 Å². The van der Waals surface area contributed by atoms with Crippen molar-refractivity contribution in [2.75, 3.05) is 18.5 Å². The number of nitrogens with one attached hydrogen (secondary N) is 1. The Labute approximate surface area is 181 Å². The summed E-state index contributed by atoms with van der Waals surface area (Å²) in [4.78, 5) is 8.98. The van der Waals surface area contributed by atoms with Crippen LogP contribution in [-0.2, 0) is 6.42 Å². The first-order valence-corrected chi connectivity index (χ1v) is 10.6. The van der Waals surface area contributed by atoms with Crippen molar-refractivity contribution in [3.63, 3.8) is 0 Å². The molecule has 0 bridgehead atoms. The van der Waals surface area contributed by atoms with E-state index in [4.69, 9.17) is 21.6 Å². The Bertz CT molecular complexity index is 1050. The van der Waals surface area contributed by atoms with Crippen molar-refractivity contribution >= 4 is 17.4 Å². The third-order valence-electron chi connectivity index (χ3n) is 5.36. The first-order chi connectivity index (χ1) is 14.8. The zero-order valence-electron chi connectivity index (χ0n) is 16.6. The fourth-order valence-corrected chi connectivity index (χ4v) is 4.07. The van der Waals surface area contributed by atoms with Crippen LogP contribution < -0.4 is 10.1 Å². The van der Waals surface area contributed by atoms with Crippen molar-refractivity contribution in [3.8, 4) is 11.8 Å². The monoisotopic (exact) mass is 418 g/mol. The average Bonchev–Trinajstić information content (AvgIpc) is 3.20. The second-order valence-electron chi connectivity index (χ2n) is 7.30. The molecule has 0 fully saturated rings. The maximum atomic E-state index is 9.11. The molecule has 3 aromatic rings. The van der Waals surface area contributed by atoms with Crippen molar-refractivity contribution in [2.45, 2.75) is 31.6 Å². The van der Waals surface area contributed by atoms with Crippen LogP contribution in [-0.4, -0.2) is 23.1 Å². The van der Waals surface area contributed by atoms with Crippen molar-refractivity contribution in [3.05, 3.63) is 82.3 Å². The highest BCUT2D eigenvalue weighted by atomic mass is 35.5. The number of hydrogen-bond donors (Lipinski definition) is 1. The SMILES string of the molecule is N#Cc1ccccc1OCCCCNc1nc(Cl)nc2c1CCC2c1ccccc1. The third kappa shape index (κ3) is 4.55. The Morgan fingerprint density at radius 1 is 1.07 bits per heavy atom. The van der Waals surface area contributed by atoms with E-state index in [1.54, 1.807) is 6.07 Å². The molecular formula is C24H23ClN4O. The molecule has 6 heteroatoms. The summed E-state index contributed by atoms with van der Waals surface area (Å²) < 4.78 is 5.74. The summed E-state index contributed by atoms with van der Waals surface area (Å²) in [6, 6.07) is 19.9. The van der Waals surface area contributed by atoms with Crippen LogP contribution in [0.25, 0.3) is 0 Å². The highest BCUT2D eigenvalue weighted by molar-refractivity contribution is 6.28. The van der Waals surface area contributed by atoms with E-state index in [1.807, 2.05) is 24.3 Å². The van der Waals surface area contributed by atoms with Crippen LogP contribution in [0.3, 0.4) is 0 Å². The lowest BCUT2D eigenvalue weighted by atomic mass is 9.97. The average molecular weight is 419 g/mol. The minimum Gasteiger partial charge on any atom is -0.492 e. The number of hydrogen-bond acceptors (Lipinski definition) is 5. The number of rotatable bonds is 8. The maximum absolute atomic E-state index is 9.11. The number of benzene rings is 2. The Balaban J connectivity index is 1.32. The Morgan fingerprint density at radius 3 is 2.70 bits per heavy atom. The summed E-state index contributed by atoms with van der Waals surface area (Å²) in [5.41, 5.74) is 4.05. The van der Waals surface area contributed by atoms with E-state index in [2.05, 4.69) is 45.6 Å². The highest BCUT2D eigenvalue weighted by Crippen LogP contribution is 2.39. The molecule has 30 heavy (non-hydrogen) atoms. The zero-order chi connectivity index (χ0) is 20.8. The number of ether oxygens (including phenoxy) is 1. The number of halogens is 1. The molecule has 1 atom stereocenters. The Hall–Kier alpha value is -3.10. The van der Waals surface area contributed by atoms with Crippen LogP contribution in [0.2, 0.25) is 5.28 Å². The molecular weight excluding hydrogens is 396 g/mol. The fraction of sp³-hybridized carbons (Fsp3) is 0.292. The van der Waals surface area contributed by atoms with E-state index in [1.165, 1.54) is 11.1 Å². The quantitative estimate of drug-likeness (QED) is 0.394. The number of aromatic nitrogens is 2. The second-order valence-corrected chi connectivity index (χ2v) is 7.64. The number of nitrogens with zero attached hydrogens (tertiary/aromatic N) is 3. The van der Waals surface area contributed by atoms with Gasteiger partial charge in [-0.05, 0) is 55.0 Å². The van der Waals surface area contributed by atoms with Gasteiger partial charge in [-0.1, -0.05) is 42.5 Å². The van der Waals surface area contributed by atoms with E-state index in [0.717, 1.165) is 43.7 Å². The van der Waals surface area contributed by atoms with Crippen LogP contribution in [0.15, 0.2) is 54.6 Å². The molecule has 1 aromatic heterocycles. The van der Waals surface area contributed by atoms with Gasteiger partial charge < -0.3 is 10.1 Å². The van der Waals surface area contributed by atoms with E-state index in [0.29, 0.717) is 17.9 Å². The van der Waals surface area contributed by atoms with Gasteiger partial charge in [-0.3, -0.25) is 0 Å². The van der Waals surface area contributed by atoms with Crippen LogP contribution in [0.1, 0.15) is 47.6 Å². The molecule has 0 spiro atoms. The van der Waals surface area contributed by atoms with Crippen LogP contribution >= 0.6 is 11.6 Å². The second kappa shape index (κ2) is 9.60. The molecule has 0 saturated carbocycles. The van der Waals surface area contributed by atoms with Gasteiger partial charge in [0.05, 0.1) is 17.9 Å². The van der Waals surface area contributed by atoms with Crippen molar-refractivity contribution in [1.29, 1.82) is 5.26 Å².